The van der Waals surface area contributed by atoms with E-state index in [9.17, 15) is 46.4 Å². The van der Waals surface area contributed by atoms with E-state index in [4.69, 9.17) is 0 Å². The molecular formula is C13H11F6NO5. The molecule has 0 amide bonds. The van der Waals surface area contributed by atoms with Crippen LogP contribution in [0.1, 0.15) is 23.6 Å². The molecule has 0 spiro atoms. The SMILES string of the molecule is CCOC(=O)[C@](O)(C[N+](=O)[O-])c1cc(C(F)(F)F)cc(C(F)(F)F)c1. The first-order valence-corrected chi connectivity index (χ1v) is 6.53. The Morgan fingerprint density at radius 1 is 1.08 bits per heavy atom. The average molecular weight is 375 g/mol. The molecule has 0 aliphatic heterocycles. The molecule has 0 aromatic heterocycles. The minimum atomic E-state index is -5.25. The molecule has 1 aromatic rings. The van der Waals surface area contributed by atoms with Gasteiger partial charge in [0.15, 0.2) is 0 Å². The summed E-state index contributed by atoms with van der Waals surface area (Å²) in [6.45, 7) is -0.855. The molecule has 0 aliphatic carbocycles. The Morgan fingerprint density at radius 2 is 1.48 bits per heavy atom. The number of benzene rings is 1. The van der Waals surface area contributed by atoms with Gasteiger partial charge in [-0.15, -0.1) is 0 Å². The van der Waals surface area contributed by atoms with Crippen molar-refractivity contribution in [3.05, 3.63) is 45.0 Å². The van der Waals surface area contributed by atoms with Crippen LogP contribution in [0.3, 0.4) is 0 Å². The maximum absolute atomic E-state index is 12.8. The summed E-state index contributed by atoms with van der Waals surface area (Å²) in [6, 6.07) is -0.160. The van der Waals surface area contributed by atoms with Crippen molar-refractivity contribution in [1.29, 1.82) is 0 Å². The zero-order valence-corrected chi connectivity index (χ0v) is 12.4. The first kappa shape index (κ1) is 20.7. The van der Waals surface area contributed by atoms with Gasteiger partial charge in [0.1, 0.15) is 0 Å². The van der Waals surface area contributed by atoms with Gasteiger partial charge >= 0.3 is 18.3 Å². The summed E-state index contributed by atoms with van der Waals surface area (Å²) in [5.41, 5.74) is -8.22. The van der Waals surface area contributed by atoms with Gasteiger partial charge in [-0.1, -0.05) is 0 Å². The van der Waals surface area contributed by atoms with E-state index in [0.29, 0.717) is 0 Å². The third-order valence-corrected chi connectivity index (χ3v) is 3.04. The summed E-state index contributed by atoms with van der Waals surface area (Å²) in [4.78, 5) is 21.2. The fraction of sp³-hybridized carbons (Fsp3) is 0.462. The van der Waals surface area contributed by atoms with Gasteiger partial charge in [0.25, 0.3) is 5.60 Å². The highest BCUT2D eigenvalue weighted by Crippen LogP contribution is 2.38. The molecule has 0 unspecified atom stereocenters. The van der Waals surface area contributed by atoms with Crippen LogP contribution in [-0.2, 0) is 27.5 Å². The number of alkyl halides is 6. The topological polar surface area (TPSA) is 89.7 Å². The standard InChI is InChI=1S/C13H11F6NO5/c1-2-25-10(21)11(22,6-20(23)24)7-3-8(12(14,15)16)5-9(4-7)13(17,18)19/h3-5,22H,2,6H2,1H3/t11-/m0/s1. The number of carbonyl (C=O) groups is 1. The van der Waals surface area contributed by atoms with E-state index in [1.807, 2.05) is 0 Å². The fourth-order valence-electron chi connectivity index (χ4n) is 1.90. The fourth-order valence-corrected chi connectivity index (χ4v) is 1.90. The van der Waals surface area contributed by atoms with Crippen molar-refractivity contribution >= 4 is 5.97 Å². The van der Waals surface area contributed by atoms with E-state index in [0.717, 1.165) is 0 Å². The molecule has 140 valence electrons. The van der Waals surface area contributed by atoms with Crippen LogP contribution in [0.25, 0.3) is 0 Å². The van der Waals surface area contributed by atoms with Crippen molar-refractivity contribution in [2.24, 2.45) is 0 Å². The number of hydrogen-bond acceptors (Lipinski definition) is 5. The number of ether oxygens (including phenoxy) is 1. The lowest BCUT2D eigenvalue weighted by molar-refractivity contribution is -0.499. The van der Waals surface area contributed by atoms with Crippen LogP contribution in [0.2, 0.25) is 0 Å². The molecular weight excluding hydrogens is 364 g/mol. The van der Waals surface area contributed by atoms with Crippen molar-refractivity contribution in [2.75, 3.05) is 13.2 Å². The largest absolute Gasteiger partial charge is 0.463 e. The van der Waals surface area contributed by atoms with Crippen LogP contribution >= 0.6 is 0 Å². The van der Waals surface area contributed by atoms with Crippen LogP contribution < -0.4 is 0 Å². The molecule has 25 heavy (non-hydrogen) atoms. The normalized spacial score (nSPS) is 14.7. The number of nitrogens with zero attached hydrogens (tertiary/aromatic N) is 1. The summed E-state index contributed by atoms with van der Waals surface area (Å²) in [5, 5.41) is 20.8. The van der Waals surface area contributed by atoms with Gasteiger partial charge in [0, 0.05) is 10.5 Å². The zero-order valence-electron chi connectivity index (χ0n) is 12.4. The monoisotopic (exact) mass is 375 g/mol. The average Bonchev–Trinajstić information content (AvgIpc) is 2.44. The van der Waals surface area contributed by atoms with Gasteiger partial charge in [0.05, 0.1) is 17.7 Å². The van der Waals surface area contributed by atoms with Crippen molar-refractivity contribution in [2.45, 2.75) is 24.9 Å². The Labute approximate surface area is 136 Å². The number of esters is 1. The van der Waals surface area contributed by atoms with Crippen molar-refractivity contribution < 1.29 is 45.9 Å². The van der Waals surface area contributed by atoms with Gasteiger partial charge in [-0.05, 0) is 25.1 Å². The van der Waals surface area contributed by atoms with Crippen molar-refractivity contribution in [3.63, 3.8) is 0 Å². The maximum Gasteiger partial charge on any atom is 0.416 e. The summed E-state index contributed by atoms with van der Waals surface area (Å²) in [5.74, 6) is -1.74. The van der Waals surface area contributed by atoms with Crippen LogP contribution in [0.15, 0.2) is 18.2 Å². The van der Waals surface area contributed by atoms with Crippen LogP contribution in [-0.4, -0.2) is 29.2 Å². The summed E-state index contributed by atoms with van der Waals surface area (Å²) >= 11 is 0. The zero-order chi connectivity index (χ0) is 19.6. The molecule has 0 bridgehead atoms. The number of aliphatic hydroxyl groups is 1. The van der Waals surface area contributed by atoms with Gasteiger partial charge in [-0.3, -0.25) is 10.1 Å². The number of rotatable bonds is 5. The number of hydrogen-bond donors (Lipinski definition) is 1. The second-order valence-corrected chi connectivity index (χ2v) is 4.87. The number of carbonyl (C=O) groups excluding carboxylic acids is 1. The second kappa shape index (κ2) is 6.86. The molecule has 0 saturated carbocycles. The van der Waals surface area contributed by atoms with Crippen LogP contribution in [0, 0.1) is 10.1 Å². The van der Waals surface area contributed by atoms with Gasteiger partial charge < -0.3 is 9.84 Å². The molecule has 6 nitrogen and oxygen atoms in total. The van der Waals surface area contributed by atoms with Crippen molar-refractivity contribution in [3.8, 4) is 0 Å². The molecule has 1 rings (SSSR count). The predicted octanol–water partition coefficient (Wildman–Crippen LogP) is 2.75. The third-order valence-electron chi connectivity index (χ3n) is 3.04. The molecule has 1 atom stereocenters. The van der Waals surface area contributed by atoms with Gasteiger partial charge in [-0.25, -0.2) is 4.79 Å². The quantitative estimate of drug-likeness (QED) is 0.370. The summed E-state index contributed by atoms with van der Waals surface area (Å²) in [6.07, 6.45) is -10.5. The number of halogens is 6. The Kier molecular flexibility index (Phi) is 5.67. The third kappa shape index (κ3) is 4.81. The molecule has 0 fully saturated rings. The lowest BCUT2D eigenvalue weighted by Crippen LogP contribution is -2.44. The van der Waals surface area contributed by atoms with Crippen LogP contribution in [0.5, 0.6) is 0 Å². The predicted molar refractivity (Wildman–Crippen MR) is 68.8 cm³/mol. The minimum absolute atomic E-state index is 0.0374. The summed E-state index contributed by atoms with van der Waals surface area (Å²) < 4.78 is 81.4. The molecule has 0 radical (unpaired) electrons. The highest BCUT2D eigenvalue weighted by molar-refractivity contribution is 5.81. The Bertz CT molecular complexity index is 640. The second-order valence-electron chi connectivity index (χ2n) is 4.87. The van der Waals surface area contributed by atoms with Crippen molar-refractivity contribution in [1.82, 2.24) is 0 Å². The van der Waals surface area contributed by atoms with E-state index in [-0.39, 0.29) is 18.2 Å². The Hall–Kier alpha value is -2.37. The highest BCUT2D eigenvalue weighted by atomic mass is 19.4. The van der Waals surface area contributed by atoms with E-state index in [2.05, 4.69) is 4.74 Å². The van der Waals surface area contributed by atoms with Gasteiger partial charge in [0.2, 0.25) is 6.54 Å². The first-order valence-electron chi connectivity index (χ1n) is 6.53. The minimum Gasteiger partial charge on any atom is -0.463 e. The molecule has 0 heterocycles. The van der Waals surface area contributed by atoms with Crippen LogP contribution in [0.4, 0.5) is 26.3 Å². The van der Waals surface area contributed by atoms with E-state index >= 15 is 0 Å². The molecule has 0 aliphatic rings. The highest BCUT2D eigenvalue weighted by Gasteiger charge is 2.48. The molecule has 0 saturated heterocycles. The van der Waals surface area contributed by atoms with E-state index < -0.39 is 58.7 Å². The summed E-state index contributed by atoms with van der Waals surface area (Å²) in [7, 11) is 0. The first-order chi connectivity index (χ1) is 11.2. The maximum atomic E-state index is 12.8. The van der Waals surface area contributed by atoms with Gasteiger partial charge in [-0.2, -0.15) is 26.3 Å². The molecule has 1 N–H and O–H groups in total. The Balaban J connectivity index is 3.68. The van der Waals surface area contributed by atoms with E-state index in [1.54, 1.807) is 0 Å². The van der Waals surface area contributed by atoms with E-state index in [1.165, 1.54) is 6.92 Å². The number of nitro groups is 1. The molecule has 1 aromatic carbocycles. The Morgan fingerprint density at radius 3 is 1.80 bits per heavy atom. The molecule has 12 heteroatoms. The lowest BCUT2D eigenvalue weighted by Gasteiger charge is -2.24. The lowest BCUT2D eigenvalue weighted by atomic mass is 9.90. The smallest absolute Gasteiger partial charge is 0.416 e.